The van der Waals surface area contributed by atoms with E-state index in [2.05, 4.69) is 18.6 Å². The summed E-state index contributed by atoms with van der Waals surface area (Å²) in [6, 6.07) is 0. The lowest BCUT2D eigenvalue weighted by molar-refractivity contribution is -0.156. The molecule has 0 amide bonds. The van der Waals surface area contributed by atoms with Gasteiger partial charge in [0, 0.05) is 13.8 Å². The molecule has 0 rings (SSSR count). The Kier molecular flexibility index (Phi) is 13.5. The minimum absolute atomic E-state index is 0.562. The maximum Gasteiger partial charge on any atom is 0.310 e. The zero-order valence-electron chi connectivity index (χ0n) is 9.76. The van der Waals surface area contributed by atoms with Crippen LogP contribution in [0.25, 0.3) is 0 Å². The van der Waals surface area contributed by atoms with E-state index in [0.717, 1.165) is 0 Å². The summed E-state index contributed by atoms with van der Waals surface area (Å²) >= 11 is 0. The highest BCUT2D eigenvalue weighted by atomic mass is 16.6. The van der Waals surface area contributed by atoms with E-state index in [1.54, 1.807) is 0 Å². The van der Waals surface area contributed by atoms with Crippen molar-refractivity contribution in [3.05, 3.63) is 0 Å². The van der Waals surface area contributed by atoms with E-state index in [9.17, 15) is 9.59 Å². The van der Waals surface area contributed by atoms with Crippen LogP contribution in [0.4, 0.5) is 0 Å². The van der Waals surface area contributed by atoms with Crippen molar-refractivity contribution in [2.45, 2.75) is 59.8 Å². The van der Waals surface area contributed by atoms with Gasteiger partial charge >= 0.3 is 11.9 Å². The fourth-order valence-corrected chi connectivity index (χ4v) is 0.879. The van der Waals surface area contributed by atoms with Crippen molar-refractivity contribution in [2.24, 2.45) is 0 Å². The second-order valence-corrected chi connectivity index (χ2v) is 3.15. The molecule has 0 aromatic carbocycles. The van der Waals surface area contributed by atoms with Gasteiger partial charge in [-0.15, -0.1) is 0 Å². The Balaban J connectivity index is 0. The van der Waals surface area contributed by atoms with Crippen molar-refractivity contribution in [1.29, 1.82) is 0 Å². The van der Waals surface area contributed by atoms with Gasteiger partial charge < -0.3 is 4.74 Å². The van der Waals surface area contributed by atoms with Gasteiger partial charge in [0.15, 0.2) is 0 Å². The smallest absolute Gasteiger partial charge is 0.310 e. The molecule has 0 radical (unpaired) electrons. The Hall–Kier alpha value is -0.860. The lowest BCUT2D eigenvalue weighted by Crippen LogP contribution is -2.03. The molecule has 0 heterocycles. The highest BCUT2D eigenvalue weighted by Crippen LogP contribution is 2.00. The quantitative estimate of drug-likeness (QED) is 0.400. The summed E-state index contributed by atoms with van der Waals surface area (Å²) in [7, 11) is 0. The van der Waals surface area contributed by atoms with Gasteiger partial charge in [-0.2, -0.15) is 0 Å². The highest BCUT2D eigenvalue weighted by molar-refractivity contribution is 5.82. The summed E-state index contributed by atoms with van der Waals surface area (Å²) < 4.78 is 3.97. The van der Waals surface area contributed by atoms with Gasteiger partial charge in [-0.1, -0.05) is 46.0 Å². The normalized spacial score (nSPS) is 8.57. The summed E-state index contributed by atoms with van der Waals surface area (Å²) in [6.45, 7) is 6.86. The summed E-state index contributed by atoms with van der Waals surface area (Å²) in [5, 5.41) is 0. The number of carbonyl (C=O) groups is 2. The summed E-state index contributed by atoms with van der Waals surface area (Å²) in [4.78, 5) is 19.6. The summed E-state index contributed by atoms with van der Waals surface area (Å²) in [5.74, 6) is -1.12. The molecule has 14 heavy (non-hydrogen) atoms. The van der Waals surface area contributed by atoms with E-state index in [0.29, 0.717) is 0 Å². The van der Waals surface area contributed by atoms with E-state index in [1.807, 2.05) is 0 Å². The molecule has 0 saturated carbocycles. The summed E-state index contributed by atoms with van der Waals surface area (Å²) in [5.41, 5.74) is 0. The van der Waals surface area contributed by atoms with E-state index in [1.165, 1.54) is 46.0 Å². The predicted molar refractivity (Wildman–Crippen MR) is 56.9 cm³/mol. The molecular weight excluding hydrogens is 180 g/mol. The van der Waals surface area contributed by atoms with E-state index >= 15 is 0 Å². The molecule has 0 aliphatic rings. The first-order valence-corrected chi connectivity index (χ1v) is 5.23. The van der Waals surface area contributed by atoms with Crippen LogP contribution in [0.15, 0.2) is 0 Å². The molecule has 0 bridgehead atoms. The first kappa shape index (κ1) is 15.6. The molecule has 3 heteroatoms. The zero-order valence-corrected chi connectivity index (χ0v) is 9.76. The Morgan fingerprint density at radius 1 is 0.857 bits per heavy atom. The van der Waals surface area contributed by atoms with Gasteiger partial charge in [0.05, 0.1) is 0 Å². The molecule has 3 nitrogen and oxygen atoms in total. The number of hydrogen-bond donors (Lipinski definition) is 0. The molecule has 0 aromatic heterocycles. The molecule has 84 valence electrons. The van der Waals surface area contributed by atoms with Crippen LogP contribution in [0.1, 0.15) is 59.8 Å². The Bertz CT molecular complexity index is 137. The lowest BCUT2D eigenvalue weighted by atomic mass is 10.2. The highest BCUT2D eigenvalue weighted by Gasteiger charge is 1.93. The molecule has 0 aliphatic carbocycles. The lowest BCUT2D eigenvalue weighted by Gasteiger charge is -1.90. The molecule has 0 unspecified atom stereocenters. The minimum Gasteiger partial charge on any atom is -0.394 e. The number of rotatable bonds is 4. The van der Waals surface area contributed by atoms with Crippen LogP contribution < -0.4 is 0 Å². The molecule has 0 spiro atoms. The standard InChI is InChI=1S/C7H16.C4H6O3/c1-3-5-7-6-4-2;1-3(5)7-4(2)6/h3-7H2,1-2H3;1-2H3. The first-order valence-electron chi connectivity index (χ1n) is 5.23. The van der Waals surface area contributed by atoms with Gasteiger partial charge in [0.2, 0.25) is 0 Å². The minimum atomic E-state index is -0.562. The number of ether oxygens (including phenoxy) is 1. The van der Waals surface area contributed by atoms with E-state index < -0.39 is 11.9 Å². The van der Waals surface area contributed by atoms with Crippen LogP contribution in [0.3, 0.4) is 0 Å². The average Bonchev–Trinajstić information content (AvgIpc) is 2.04. The van der Waals surface area contributed by atoms with Crippen molar-refractivity contribution in [3.63, 3.8) is 0 Å². The molecule has 0 aliphatic heterocycles. The molecule has 0 aromatic rings. The maximum atomic E-state index is 9.81. The molecular formula is C11H22O3. The molecule has 0 atom stereocenters. The van der Waals surface area contributed by atoms with E-state index in [-0.39, 0.29) is 0 Å². The number of esters is 2. The molecule has 0 saturated heterocycles. The third-order valence-electron chi connectivity index (χ3n) is 1.49. The largest absolute Gasteiger partial charge is 0.394 e. The third kappa shape index (κ3) is 22.5. The predicted octanol–water partition coefficient (Wildman–Crippen LogP) is 3.07. The van der Waals surface area contributed by atoms with Crippen LogP contribution in [0.5, 0.6) is 0 Å². The Morgan fingerprint density at radius 3 is 1.36 bits per heavy atom. The van der Waals surface area contributed by atoms with Crippen LogP contribution in [-0.4, -0.2) is 11.9 Å². The van der Waals surface area contributed by atoms with E-state index in [4.69, 9.17) is 0 Å². The van der Waals surface area contributed by atoms with Crippen molar-refractivity contribution in [2.75, 3.05) is 0 Å². The molecule has 0 fully saturated rings. The van der Waals surface area contributed by atoms with Crippen molar-refractivity contribution in [1.82, 2.24) is 0 Å². The first-order chi connectivity index (χ1) is 6.54. The van der Waals surface area contributed by atoms with Crippen molar-refractivity contribution in [3.8, 4) is 0 Å². The van der Waals surface area contributed by atoms with Gasteiger partial charge in [-0.05, 0) is 0 Å². The topological polar surface area (TPSA) is 43.4 Å². The SMILES string of the molecule is CC(=O)OC(C)=O.CCCCCCC. The van der Waals surface area contributed by atoms with Crippen LogP contribution in [0.2, 0.25) is 0 Å². The van der Waals surface area contributed by atoms with Crippen LogP contribution >= 0.6 is 0 Å². The number of hydrogen-bond acceptors (Lipinski definition) is 3. The Morgan fingerprint density at radius 2 is 1.21 bits per heavy atom. The fraction of sp³-hybridized carbons (Fsp3) is 0.818. The van der Waals surface area contributed by atoms with Gasteiger partial charge in [0.1, 0.15) is 0 Å². The van der Waals surface area contributed by atoms with Crippen LogP contribution in [0, 0.1) is 0 Å². The second-order valence-electron chi connectivity index (χ2n) is 3.15. The van der Waals surface area contributed by atoms with Crippen molar-refractivity contribution < 1.29 is 14.3 Å². The van der Waals surface area contributed by atoms with Gasteiger partial charge in [-0.3, -0.25) is 9.59 Å². The van der Waals surface area contributed by atoms with Gasteiger partial charge in [-0.25, -0.2) is 0 Å². The zero-order chi connectivity index (χ0) is 11.4. The van der Waals surface area contributed by atoms with Crippen molar-refractivity contribution >= 4 is 11.9 Å². The maximum absolute atomic E-state index is 9.81. The number of carbonyl (C=O) groups excluding carboxylic acids is 2. The summed E-state index contributed by atoms with van der Waals surface area (Å²) in [6.07, 6.45) is 7.01. The average molecular weight is 202 g/mol. The third-order valence-corrected chi connectivity index (χ3v) is 1.49. The van der Waals surface area contributed by atoms with Crippen LogP contribution in [-0.2, 0) is 14.3 Å². The number of unbranched alkanes of at least 4 members (excludes halogenated alkanes) is 4. The monoisotopic (exact) mass is 202 g/mol. The molecule has 0 N–H and O–H groups in total. The fourth-order valence-electron chi connectivity index (χ4n) is 0.879. The second kappa shape index (κ2) is 12.1. The Labute approximate surface area is 86.8 Å². The van der Waals surface area contributed by atoms with Gasteiger partial charge in [0.25, 0.3) is 0 Å².